The molecule has 1 aromatic carbocycles. The van der Waals surface area contributed by atoms with Gasteiger partial charge in [0.1, 0.15) is 5.75 Å². The van der Waals surface area contributed by atoms with Crippen molar-refractivity contribution in [2.45, 2.75) is 63.2 Å². The molecule has 1 heterocycles. The zero-order valence-electron chi connectivity index (χ0n) is 15.1. The minimum absolute atomic E-state index is 0.0347. The van der Waals surface area contributed by atoms with Crippen LogP contribution in [0.3, 0.4) is 0 Å². The van der Waals surface area contributed by atoms with Crippen molar-refractivity contribution < 1.29 is 14.6 Å². The Morgan fingerprint density at radius 1 is 1.08 bits per heavy atom. The summed E-state index contributed by atoms with van der Waals surface area (Å²) in [5.41, 5.74) is 1.18. The fraction of sp³-hybridized carbons (Fsp3) is 0.700. The molecule has 1 aliphatic carbocycles. The molecular weight excluding hydrogens is 302 g/mol. The lowest BCUT2D eigenvalue weighted by Gasteiger charge is -2.49. The van der Waals surface area contributed by atoms with Crippen LogP contribution in [0.15, 0.2) is 24.3 Å². The summed E-state index contributed by atoms with van der Waals surface area (Å²) in [7, 11) is 2.23. The first-order chi connectivity index (χ1) is 11.6. The lowest BCUT2D eigenvalue weighted by Crippen LogP contribution is -2.51. The summed E-state index contributed by atoms with van der Waals surface area (Å²) in [5, 5.41) is 9.99. The third-order valence-electron chi connectivity index (χ3n) is 5.86. The summed E-state index contributed by atoms with van der Waals surface area (Å²) in [6, 6.07) is 7.80. The van der Waals surface area contributed by atoms with Crippen LogP contribution in [-0.2, 0) is 15.0 Å². The largest absolute Gasteiger partial charge is 0.508 e. The highest BCUT2D eigenvalue weighted by molar-refractivity contribution is 5.33. The number of aromatic hydroxyl groups is 1. The third-order valence-corrected chi connectivity index (χ3v) is 5.86. The Morgan fingerprint density at radius 3 is 2.42 bits per heavy atom. The summed E-state index contributed by atoms with van der Waals surface area (Å²) in [6.07, 6.45) is 7.54. The van der Waals surface area contributed by atoms with E-state index in [1.54, 1.807) is 6.07 Å². The highest BCUT2D eigenvalue weighted by Crippen LogP contribution is 2.48. The molecule has 1 saturated heterocycles. The lowest BCUT2D eigenvalue weighted by atomic mass is 9.73. The van der Waals surface area contributed by atoms with Gasteiger partial charge < -0.3 is 14.6 Å². The molecule has 1 saturated carbocycles. The monoisotopic (exact) mass is 333 g/mol. The molecule has 0 amide bonds. The van der Waals surface area contributed by atoms with Crippen LogP contribution in [0.4, 0.5) is 0 Å². The number of hydrogen-bond donors (Lipinski definition) is 1. The van der Waals surface area contributed by atoms with Gasteiger partial charge in [-0.25, -0.2) is 0 Å². The molecule has 2 fully saturated rings. The first kappa shape index (κ1) is 17.7. The average Bonchev–Trinajstić information content (AvgIpc) is 3.04. The summed E-state index contributed by atoms with van der Waals surface area (Å²) in [5.74, 6) is -0.00704. The van der Waals surface area contributed by atoms with Gasteiger partial charge in [0.15, 0.2) is 5.79 Å². The second-order valence-corrected chi connectivity index (χ2v) is 7.32. The van der Waals surface area contributed by atoms with Gasteiger partial charge >= 0.3 is 0 Å². The van der Waals surface area contributed by atoms with Gasteiger partial charge in [-0.05, 0) is 50.6 Å². The van der Waals surface area contributed by atoms with Gasteiger partial charge in [0, 0.05) is 18.4 Å². The summed E-state index contributed by atoms with van der Waals surface area (Å²) in [6.45, 7) is 4.75. The predicted molar refractivity (Wildman–Crippen MR) is 95.0 cm³/mol. The van der Waals surface area contributed by atoms with Crippen molar-refractivity contribution in [3.05, 3.63) is 29.8 Å². The second-order valence-electron chi connectivity index (χ2n) is 7.32. The molecule has 4 heteroatoms. The molecule has 0 radical (unpaired) electrons. The van der Waals surface area contributed by atoms with Gasteiger partial charge in [-0.1, -0.05) is 31.9 Å². The Morgan fingerprint density at radius 2 is 1.79 bits per heavy atom. The Hall–Kier alpha value is -1.10. The standard InChI is InChI=1S/C20H31NO3/c1-3-4-5-13-21(2)19(17-7-6-8-18(22)16-17)9-11-20(12-10-19)23-14-15-24-20/h6-8,16,22H,3-5,9-15H2,1-2H3. The van der Waals surface area contributed by atoms with E-state index in [1.807, 2.05) is 12.1 Å². The minimum Gasteiger partial charge on any atom is -0.508 e. The number of rotatable bonds is 6. The van der Waals surface area contributed by atoms with E-state index in [-0.39, 0.29) is 11.3 Å². The first-order valence-electron chi connectivity index (χ1n) is 9.39. The van der Waals surface area contributed by atoms with Crippen LogP contribution in [-0.4, -0.2) is 42.6 Å². The van der Waals surface area contributed by atoms with Crippen LogP contribution in [0.2, 0.25) is 0 Å². The fourth-order valence-corrected chi connectivity index (χ4v) is 4.33. The molecule has 2 aliphatic rings. The van der Waals surface area contributed by atoms with Crippen molar-refractivity contribution in [1.82, 2.24) is 4.90 Å². The number of phenolic OH excluding ortho intramolecular Hbond substituents is 1. The number of hydrogen-bond acceptors (Lipinski definition) is 4. The summed E-state index contributed by atoms with van der Waals surface area (Å²) in [4.78, 5) is 2.50. The first-order valence-corrected chi connectivity index (χ1v) is 9.39. The molecule has 3 rings (SSSR count). The van der Waals surface area contributed by atoms with Crippen LogP contribution in [0.5, 0.6) is 5.75 Å². The maximum atomic E-state index is 9.99. The molecule has 0 aromatic heterocycles. The number of phenols is 1. The highest BCUT2D eigenvalue weighted by Gasteiger charge is 2.48. The Kier molecular flexibility index (Phi) is 5.48. The van der Waals surface area contributed by atoms with Gasteiger partial charge in [0.2, 0.25) is 0 Å². The predicted octanol–water partition coefficient (Wildman–Crippen LogP) is 4.03. The van der Waals surface area contributed by atoms with Crippen molar-refractivity contribution in [2.75, 3.05) is 26.8 Å². The topological polar surface area (TPSA) is 41.9 Å². The van der Waals surface area contributed by atoms with E-state index in [0.29, 0.717) is 19.0 Å². The Balaban J connectivity index is 1.82. The maximum Gasteiger partial charge on any atom is 0.168 e. The molecule has 24 heavy (non-hydrogen) atoms. The van der Waals surface area contributed by atoms with Gasteiger partial charge in [-0.15, -0.1) is 0 Å². The molecular formula is C20H31NO3. The Bertz CT molecular complexity index is 529. The second kappa shape index (κ2) is 7.42. The van der Waals surface area contributed by atoms with Crippen molar-refractivity contribution in [1.29, 1.82) is 0 Å². The number of unbranched alkanes of at least 4 members (excludes halogenated alkanes) is 2. The van der Waals surface area contributed by atoms with E-state index in [0.717, 1.165) is 32.2 Å². The molecule has 134 valence electrons. The van der Waals surface area contributed by atoms with E-state index in [9.17, 15) is 5.11 Å². The van der Waals surface area contributed by atoms with Crippen molar-refractivity contribution >= 4 is 0 Å². The quantitative estimate of drug-likeness (QED) is 0.798. The van der Waals surface area contributed by atoms with Gasteiger partial charge in [0.05, 0.1) is 13.2 Å². The minimum atomic E-state index is -0.357. The van der Waals surface area contributed by atoms with Crippen LogP contribution in [0.25, 0.3) is 0 Å². The lowest BCUT2D eigenvalue weighted by molar-refractivity contribution is -0.194. The molecule has 0 unspecified atom stereocenters. The molecule has 1 aliphatic heterocycles. The van der Waals surface area contributed by atoms with Crippen LogP contribution < -0.4 is 0 Å². The van der Waals surface area contributed by atoms with Gasteiger partial charge in [0.25, 0.3) is 0 Å². The fourth-order valence-electron chi connectivity index (χ4n) is 4.33. The number of ether oxygens (including phenoxy) is 2. The molecule has 1 aromatic rings. The van der Waals surface area contributed by atoms with Gasteiger partial charge in [-0.3, -0.25) is 4.90 Å². The van der Waals surface area contributed by atoms with E-state index in [4.69, 9.17) is 9.47 Å². The average molecular weight is 333 g/mol. The van der Waals surface area contributed by atoms with Crippen LogP contribution in [0, 0.1) is 0 Å². The molecule has 0 atom stereocenters. The van der Waals surface area contributed by atoms with Gasteiger partial charge in [-0.2, -0.15) is 0 Å². The number of benzene rings is 1. The Labute approximate surface area is 145 Å². The molecule has 4 nitrogen and oxygen atoms in total. The van der Waals surface area contributed by atoms with Crippen LogP contribution >= 0.6 is 0 Å². The van der Waals surface area contributed by atoms with Crippen molar-refractivity contribution in [3.8, 4) is 5.75 Å². The molecule has 1 spiro atoms. The normalized spacial score (nSPS) is 22.3. The maximum absolute atomic E-state index is 9.99. The van der Waals surface area contributed by atoms with Crippen molar-refractivity contribution in [2.24, 2.45) is 0 Å². The van der Waals surface area contributed by atoms with E-state index < -0.39 is 0 Å². The van der Waals surface area contributed by atoms with Crippen LogP contribution in [0.1, 0.15) is 57.4 Å². The smallest absolute Gasteiger partial charge is 0.168 e. The van der Waals surface area contributed by atoms with Crippen molar-refractivity contribution in [3.63, 3.8) is 0 Å². The molecule has 1 N–H and O–H groups in total. The SMILES string of the molecule is CCCCCN(C)C1(c2cccc(O)c2)CCC2(CC1)OCCO2. The third kappa shape index (κ3) is 3.46. The summed E-state index contributed by atoms with van der Waals surface area (Å²) < 4.78 is 11.8. The zero-order chi connectivity index (χ0) is 17.0. The molecule has 0 bridgehead atoms. The van der Waals surface area contributed by atoms with E-state index in [2.05, 4.69) is 24.9 Å². The number of nitrogens with zero attached hydrogens (tertiary/aromatic N) is 1. The van der Waals surface area contributed by atoms with E-state index in [1.165, 1.54) is 24.8 Å². The summed E-state index contributed by atoms with van der Waals surface area (Å²) >= 11 is 0. The zero-order valence-corrected chi connectivity index (χ0v) is 15.1. The van der Waals surface area contributed by atoms with E-state index >= 15 is 0 Å². The highest BCUT2D eigenvalue weighted by atomic mass is 16.7.